The molecule has 0 saturated heterocycles. The Morgan fingerprint density at radius 3 is 2.88 bits per heavy atom. The average Bonchev–Trinajstić information content (AvgIpc) is 2.79. The Kier molecular flexibility index (Phi) is 3.30. The van der Waals surface area contributed by atoms with Crippen LogP contribution in [0.25, 0.3) is 0 Å². The molecule has 0 atom stereocenters. The van der Waals surface area contributed by atoms with Gasteiger partial charge in [0.2, 0.25) is 0 Å². The second-order valence-electron chi connectivity index (χ2n) is 3.44. The lowest BCUT2D eigenvalue weighted by molar-refractivity contribution is 0.251. The van der Waals surface area contributed by atoms with E-state index in [4.69, 9.17) is 4.42 Å². The number of phenolic OH excluding ortho intramolecular Hbond substituents is 1. The van der Waals surface area contributed by atoms with Gasteiger partial charge < -0.3 is 20.2 Å². The topological polar surface area (TPSA) is 74.5 Å². The second-order valence-corrected chi connectivity index (χ2v) is 3.44. The van der Waals surface area contributed by atoms with Gasteiger partial charge in [0.05, 0.1) is 12.8 Å². The molecule has 5 heteroatoms. The van der Waals surface area contributed by atoms with E-state index >= 15 is 0 Å². The number of hydrogen-bond donors (Lipinski definition) is 3. The highest BCUT2D eigenvalue weighted by molar-refractivity contribution is 5.89. The number of nitrogens with one attached hydrogen (secondary N) is 2. The van der Waals surface area contributed by atoms with Gasteiger partial charge in [-0.1, -0.05) is 6.07 Å². The van der Waals surface area contributed by atoms with Crippen molar-refractivity contribution in [3.05, 3.63) is 48.4 Å². The molecule has 0 saturated carbocycles. The molecule has 0 aliphatic heterocycles. The first kappa shape index (κ1) is 11.1. The summed E-state index contributed by atoms with van der Waals surface area (Å²) in [5.74, 6) is 0.782. The maximum absolute atomic E-state index is 11.5. The summed E-state index contributed by atoms with van der Waals surface area (Å²) in [4.78, 5) is 11.5. The van der Waals surface area contributed by atoms with Crippen molar-refractivity contribution in [3.63, 3.8) is 0 Å². The molecule has 0 radical (unpaired) electrons. The second kappa shape index (κ2) is 5.07. The van der Waals surface area contributed by atoms with Crippen LogP contribution >= 0.6 is 0 Å². The Balaban J connectivity index is 1.85. The van der Waals surface area contributed by atoms with Crippen molar-refractivity contribution < 1.29 is 14.3 Å². The molecule has 5 nitrogen and oxygen atoms in total. The van der Waals surface area contributed by atoms with E-state index in [0.717, 1.165) is 0 Å². The molecule has 1 heterocycles. The number of phenols is 1. The van der Waals surface area contributed by atoms with Crippen LogP contribution in [0.2, 0.25) is 0 Å². The van der Waals surface area contributed by atoms with Crippen LogP contribution < -0.4 is 10.6 Å². The molecule has 0 aliphatic rings. The summed E-state index contributed by atoms with van der Waals surface area (Å²) in [6.45, 7) is 0.317. The Labute approximate surface area is 98.1 Å². The summed E-state index contributed by atoms with van der Waals surface area (Å²) in [5, 5.41) is 14.4. The van der Waals surface area contributed by atoms with Gasteiger partial charge in [-0.15, -0.1) is 0 Å². The van der Waals surface area contributed by atoms with Crippen molar-refractivity contribution in [2.45, 2.75) is 6.54 Å². The van der Waals surface area contributed by atoms with Gasteiger partial charge in [0.1, 0.15) is 11.5 Å². The van der Waals surface area contributed by atoms with Gasteiger partial charge in [-0.25, -0.2) is 4.79 Å². The summed E-state index contributed by atoms with van der Waals surface area (Å²) in [6.07, 6.45) is 1.55. The van der Waals surface area contributed by atoms with Crippen LogP contribution in [0.5, 0.6) is 5.75 Å². The number of benzene rings is 1. The highest BCUT2D eigenvalue weighted by Crippen LogP contribution is 2.14. The molecular formula is C12H12N2O3. The fourth-order valence-corrected chi connectivity index (χ4v) is 1.34. The fourth-order valence-electron chi connectivity index (χ4n) is 1.34. The molecule has 0 aliphatic carbocycles. The van der Waals surface area contributed by atoms with E-state index in [2.05, 4.69) is 10.6 Å². The van der Waals surface area contributed by atoms with Crippen molar-refractivity contribution in [1.29, 1.82) is 0 Å². The van der Waals surface area contributed by atoms with Crippen LogP contribution in [-0.4, -0.2) is 11.1 Å². The number of aromatic hydroxyl groups is 1. The lowest BCUT2D eigenvalue weighted by Gasteiger charge is -2.06. The minimum absolute atomic E-state index is 0.105. The number of carbonyl (C=O) groups excluding carboxylic acids is 1. The predicted octanol–water partition coefficient (Wildman–Crippen LogP) is 2.31. The smallest absolute Gasteiger partial charge is 0.319 e. The molecule has 1 aromatic carbocycles. The normalized spacial score (nSPS) is 9.88. The van der Waals surface area contributed by atoms with Crippen molar-refractivity contribution in [3.8, 4) is 5.75 Å². The van der Waals surface area contributed by atoms with Gasteiger partial charge in [-0.2, -0.15) is 0 Å². The van der Waals surface area contributed by atoms with Gasteiger partial charge in [-0.3, -0.25) is 0 Å². The minimum atomic E-state index is -0.355. The molecule has 2 rings (SSSR count). The Bertz CT molecular complexity index is 494. The molecule has 88 valence electrons. The third kappa shape index (κ3) is 3.27. The summed E-state index contributed by atoms with van der Waals surface area (Å²) >= 11 is 0. The van der Waals surface area contributed by atoms with Crippen LogP contribution in [0.15, 0.2) is 47.1 Å². The van der Waals surface area contributed by atoms with E-state index in [1.807, 2.05) is 0 Å². The first-order chi connectivity index (χ1) is 8.24. The van der Waals surface area contributed by atoms with Gasteiger partial charge >= 0.3 is 6.03 Å². The Morgan fingerprint density at radius 2 is 2.18 bits per heavy atom. The molecule has 0 fully saturated rings. The first-order valence-electron chi connectivity index (χ1n) is 5.10. The summed E-state index contributed by atoms with van der Waals surface area (Å²) in [5.41, 5.74) is 0.530. The minimum Gasteiger partial charge on any atom is -0.508 e. The van der Waals surface area contributed by atoms with Crippen molar-refractivity contribution in [1.82, 2.24) is 5.32 Å². The summed E-state index contributed by atoms with van der Waals surface area (Å²) in [7, 11) is 0. The number of anilines is 1. The zero-order valence-corrected chi connectivity index (χ0v) is 9.01. The third-order valence-corrected chi connectivity index (χ3v) is 2.11. The van der Waals surface area contributed by atoms with E-state index in [0.29, 0.717) is 18.0 Å². The molecule has 17 heavy (non-hydrogen) atoms. The third-order valence-electron chi connectivity index (χ3n) is 2.11. The number of urea groups is 1. The van der Waals surface area contributed by atoms with Crippen LogP contribution in [0.3, 0.4) is 0 Å². The molecule has 0 unspecified atom stereocenters. The highest BCUT2D eigenvalue weighted by Gasteiger charge is 2.03. The standard InChI is InChI=1S/C12H12N2O3/c15-10-4-1-3-9(7-10)14-12(16)13-8-11-5-2-6-17-11/h1-7,15H,8H2,(H2,13,14,16). The van der Waals surface area contributed by atoms with E-state index in [-0.39, 0.29) is 11.8 Å². The van der Waals surface area contributed by atoms with Crippen molar-refractivity contribution in [2.75, 3.05) is 5.32 Å². The predicted molar refractivity (Wildman–Crippen MR) is 62.7 cm³/mol. The Morgan fingerprint density at radius 1 is 1.29 bits per heavy atom. The van der Waals surface area contributed by atoms with E-state index in [1.165, 1.54) is 12.1 Å². The molecule has 3 N–H and O–H groups in total. The zero-order chi connectivity index (χ0) is 12.1. The molecule has 0 bridgehead atoms. The van der Waals surface area contributed by atoms with Crippen molar-refractivity contribution in [2.24, 2.45) is 0 Å². The fraction of sp³-hybridized carbons (Fsp3) is 0.0833. The molecule has 1 aromatic heterocycles. The van der Waals surface area contributed by atoms with E-state index in [1.54, 1.807) is 30.5 Å². The average molecular weight is 232 g/mol. The van der Waals surface area contributed by atoms with E-state index < -0.39 is 0 Å². The van der Waals surface area contributed by atoms with Gasteiger partial charge in [0, 0.05) is 11.8 Å². The molecule has 2 aromatic rings. The van der Waals surface area contributed by atoms with E-state index in [9.17, 15) is 9.90 Å². The van der Waals surface area contributed by atoms with Crippen LogP contribution in [0, 0.1) is 0 Å². The lowest BCUT2D eigenvalue weighted by atomic mass is 10.3. The monoisotopic (exact) mass is 232 g/mol. The number of amides is 2. The lowest BCUT2D eigenvalue weighted by Crippen LogP contribution is -2.27. The quantitative estimate of drug-likeness (QED) is 0.760. The van der Waals surface area contributed by atoms with Crippen LogP contribution in [-0.2, 0) is 6.54 Å². The molecular weight excluding hydrogens is 220 g/mol. The van der Waals surface area contributed by atoms with Crippen LogP contribution in [0.4, 0.5) is 10.5 Å². The van der Waals surface area contributed by atoms with Crippen LogP contribution in [0.1, 0.15) is 5.76 Å². The zero-order valence-electron chi connectivity index (χ0n) is 9.01. The number of carbonyl (C=O) groups is 1. The summed E-state index contributed by atoms with van der Waals surface area (Å²) in [6, 6.07) is 9.51. The first-order valence-corrected chi connectivity index (χ1v) is 5.10. The highest BCUT2D eigenvalue weighted by atomic mass is 16.3. The van der Waals surface area contributed by atoms with Gasteiger partial charge in [0.15, 0.2) is 0 Å². The molecule has 0 spiro atoms. The van der Waals surface area contributed by atoms with Gasteiger partial charge in [-0.05, 0) is 24.3 Å². The number of hydrogen-bond acceptors (Lipinski definition) is 3. The number of furan rings is 1. The largest absolute Gasteiger partial charge is 0.508 e. The molecule has 2 amide bonds. The van der Waals surface area contributed by atoms with Gasteiger partial charge in [0.25, 0.3) is 0 Å². The SMILES string of the molecule is O=C(NCc1ccco1)Nc1cccc(O)c1. The number of rotatable bonds is 3. The summed E-state index contributed by atoms with van der Waals surface area (Å²) < 4.78 is 5.07. The maximum atomic E-state index is 11.5. The Hall–Kier alpha value is -2.43. The van der Waals surface area contributed by atoms with Crippen molar-refractivity contribution >= 4 is 11.7 Å². The maximum Gasteiger partial charge on any atom is 0.319 e.